The fourth-order valence-electron chi connectivity index (χ4n) is 1.87. The minimum absolute atomic E-state index is 0.280. The molecule has 1 heterocycles. The Bertz CT molecular complexity index is 182. The first-order chi connectivity index (χ1) is 6.22. The van der Waals surface area contributed by atoms with Crippen LogP contribution in [0.1, 0.15) is 19.8 Å². The Morgan fingerprint density at radius 3 is 2.69 bits per heavy atom. The van der Waals surface area contributed by atoms with Crippen LogP contribution in [0.5, 0.6) is 0 Å². The van der Waals surface area contributed by atoms with Gasteiger partial charge < -0.3 is 10.0 Å². The maximum absolute atomic E-state index is 9.01. The van der Waals surface area contributed by atoms with Crippen LogP contribution < -0.4 is 0 Å². The summed E-state index contributed by atoms with van der Waals surface area (Å²) in [5.41, 5.74) is 0. The van der Waals surface area contributed by atoms with Gasteiger partial charge in [0, 0.05) is 7.05 Å². The number of aliphatic hydroxyl groups excluding tert-OH is 1. The monoisotopic (exact) mass is 185 g/mol. The summed E-state index contributed by atoms with van der Waals surface area (Å²) in [5, 5.41) is 9.01. The second-order valence-corrected chi connectivity index (χ2v) is 3.94. The minimum Gasteiger partial charge on any atom is -0.390 e. The number of aliphatic hydroxyl groups is 1. The van der Waals surface area contributed by atoms with Crippen molar-refractivity contribution in [2.75, 3.05) is 33.4 Å². The van der Waals surface area contributed by atoms with E-state index in [9.17, 15) is 0 Å². The Hall–Kier alpha value is -0.540. The van der Waals surface area contributed by atoms with Gasteiger partial charge in [-0.25, -0.2) is 0 Å². The smallest absolute Gasteiger partial charge is 0.158 e. The lowest BCUT2D eigenvalue weighted by molar-refractivity contribution is -0.881. The predicted octanol–water partition coefficient (Wildman–Crippen LogP) is 0.970. The highest BCUT2D eigenvalue weighted by molar-refractivity contribution is 4.79. The van der Waals surface area contributed by atoms with E-state index in [1.807, 2.05) is 0 Å². The van der Waals surface area contributed by atoms with Crippen molar-refractivity contribution in [3.8, 4) is 0 Å². The lowest BCUT2D eigenvalue weighted by Crippen LogP contribution is -2.46. The SMILES string of the molecule is CCCC[N+]1(CCO)C=CN(C)C1. The van der Waals surface area contributed by atoms with Crippen molar-refractivity contribution in [3.05, 3.63) is 12.4 Å². The third-order valence-corrected chi connectivity index (χ3v) is 2.64. The Morgan fingerprint density at radius 2 is 2.23 bits per heavy atom. The van der Waals surface area contributed by atoms with Gasteiger partial charge in [-0.05, 0) is 6.42 Å². The minimum atomic E-state index is 0.280. The first kappa shape index (κ1) is 10.5. The molecule has 1 unspecified atom stereocenters. The van der Waals surface area contributed by atoms with Crippen molar-refractivity contribution in [3.63, 3.8) is 0 Å². The summed E-state index contributed by atoms with van der Waals surface area (Å²) < 4.78 is 0.931. The molecule has 0 saturated carbocycles. The van der Waals surface area contributed by atoms with Crippen molar-refractivity contribution >= 4 is 0 Å². The molecule has 0 saturated heterocycles. The zero-order valence-electron chi connectivity index (χ0n) is 8.74. The van der Waals surface area contributed by atoms with E-state index in [4.69, 9.17) is 5.11 Å². The molecule has 0 radical (unpaired) electrons. The first-order valence-electron chi connectivity index (χ1n) is 5.09. The summed E-state index contributed by atoms with van der Waals surface area (Å²) in [6, 6.07) is 0. The zero-order valence-corrected chi connectivity index (χ0v) is 8.74. The Labute approximate surface area is 80.9 Å². The van der Waals surface area contributed by atoms with Crippen LogP contribution in [0.3, 0.4) is 0 Å². The number of rotatable bonds is 5. The Balaban J connectivity index is 2.50. The van der Waals surface area contributed by atoms with Crippen molar-refractivity contribution < 1.29 is 9.59 Å². The third-order valence-electron chi connectivity index (χ3n) is 2.64. The van der Waals surface area contributed by atoms with E-state index in [1.165, 1.54) is 12.8 Å². The predicted molar refractivity (Wildman–Crippen MR) is 53.8 cm³/mol. The van der Waals surface area contributed by atoms with Crippen LogP contribution in [0.2, 0.25) is 0 Å². The van der Waals surface area contributed by atoms with Crippen molar-refractivity contribution in [1.82, 2.24) is 4.90 Å². The molecule has 1 aliphatic rings. The fourth-order valence-corrected chi connectivity index (χ4v) is 1.87. The van der Waals surface area contributed by atoms with Crippen LogP contribution in [0.25, 0.3) is 0 Å². The molecule has 0 aliphatic carbocycles. The highest BCUT2D eigenvalue weighted by atomic mass is 16.3. The summed E-state index contributed by atoms with van der Waals surface area (Å²) in [6.45, 7) is 5.50. The molecule has 0 spiro atoms. The molecule has 0 fully saturated rings. The van der Waals surface area contributed by atoms with Gasteiger partial charge in [0.1, 0.15) is 12.7 Å². The van der Waals surface area contributed by atoms with Gasteiger partial charge in [0.2, 0.25) is 0 Å². The maximum atomic E-state index is 9.01. The van der Waals surface area contributed by atoms with Gasteiger partial charge in [0.25, 0.3) is 0 Å². The molecule has 1 N–H and O–H groups in total. The quantitative estimate of drug-likeness (QED) is 0.645. The summed E-state index contributed by atoms with van der Waals surface area (Å²) in [4.78, 5) is 2.19. The lowest BCUT2D eigenvalue weighted by atomic mass is 10.3. The molecule has 3 nitrogen and oxygen atoms in total. The van der Waals surface area contributed by atoms with E-state index >= 15 is 0 Å². The van der Waals surface area contributed by atoms with Crippen LogP contribution in [0.4, 0.5) is 0 Å². The van der Waals surface area contributed by atoms with Crippen LogP contribution >= 0.6 is 0 Å². The number of unbranched alkanes of at least 4 members (excludes halogenated alkanes) is 1. The Morgan fingerprint density at radius 1 is 1.46 bits per heavy atom. The molecule has 0 aromatic rings. The van der Waals surface area contributed by atoms with E-state index in [1.54, 1.807) is 0 Å². The molecule has 76 valence electrons. The van der Waals surface area contributed by atoms with Crippen LogP contribution in [-0.4, -0.2) is 47.9 Å². The van der Waals surface area contributed by atoms with Crippen LogP contribution in [0, 0.1) is 0 Å². The zero-order chi connectivity index (χ0) is 9.73. The topological polar surface area (TPSA) is 23.5 Å². The third kappa shape index (κ3) is 2.71. The molecular formula is C10H21N2O+. The summed E-state index contributed by atoms with van der Waals surface area (Å²) in [5.74, 6) is 0. The van der Waals surface area contributed by atoms with Crippen LogP contribution in [-0.2, 0) is 0 Å². The van der Waals surface area contributed by atoms with E-state index in [-0.39, 0.29) is 6.61 Å². The maximum Gasteiger partial charge on any atom is 0.158 e. The van der Waals surface area contributed by atoms with Crippen LogP contribution in [0.15, 0.2) is 12.4 Å². The molecule has 0 aromatic heterocycles. The number of nitrogens with zero attached hydrogens (tertiary/aromatic N) is 2. The fraction of sp³-hybridized carbons (Fsp3) is 0.800. The van der Waals surface area contributed by atoms with E-state index < -0.39 is 0 Å². The average Bonchev–Trinajstić information content (AvgIpc) is 2.46. The molecule has 1 aliphatic heterocycles. The van der Waals surface area contributed by atoms with Gasteiger partial charge in [-0.1, -0.05) is 13.3 Å². The molecule has 1 atom stereocenters. The highest BCUT2D eigenvalue weighted by Gasteiger charge is 2.29. The molecule has 3 heteroatoms. The van der Waals surface area contributed by atoms with E-state index in [0.717, 1.165) is 24.2 Å². The number of hydrogen-bond acceptors (Lipinski definition) is 2. The van der Waals surface area contributed by atoms with Gasteiger partial charge in [-0.15, -0.1) is 0 Å². The highest BCUT2D eigenvalue weighted by Crippen LogP contribution is 2.17. The average molecular weight is 185 g/mol. The molecule has 0 amide bonds. The van der Waals surface area contributed by atoms with Gasteiger partial charge in [0.05, 0.1) is 19.4 Å². The van der Waals surface area contributed by atoms with Gasteiger partial charge in [0.15, 0.2) is 6.67 Å². The van der Waals surface area contributed by atoms with Gasteiger partial charge >= 0.3 is 0 Å². The van der Waals surface area contributed by atoms with Crippen molar-refractivity contribution in [1.29, 1.82) is 0 Å². The Kier molecular flexibility index (Phi) is 3.75. The summed E-state index contributed by atoms with van der Waals surface area (Å²) in [7, 11) is 2.08. The standard InChI is InChI=1S/C10H21N2O/c1-3-4-6-12(8-9-13)7-5-11(2)10-12/h5,7,13H,3-4,6,8-10H2,1-2H3/q+1. The summed E-state index contributed by atoms with van der Waals surface area (Å²) in [6.07, 6.45) is 6.79. The number of hydrogen-bond donors (Lipinski definition) is 1. The molecule has 0 aromatic carbocycles. The molecular weight excluding hydrogens is 164 g/mol. The van der Waals surface area contributed by atoms with Gasteiger partial charge in [-0.2, -0.15) is 0 Å². The number of quaternary nitrogens is 1. The first-order valence-corrected chi connectivity index (χ1v) is 5.09. The second-order valence-electron chi connectivity index (χ2n) is 3.94. The van der Waals surface area contributed by atoms with Crippen molar-refractivity contribution in [2.45, 2.75) is 19.8 Å². The summed E-state index contributed by atoms with van der Waals surface area (Å²) >= 11 is 0. The normalized spacial score (nSPS) is 27.2. The van der Waals surface area contributed by atoms with E-state index in [0.29, 0.717) is 0 Å². The van der Waals surface area contributed by atoms with Gasteiger partial charge in [-0.3, -0.25) is 4.48 Å². The van der Waals surface area contributed by atoms with E-state index in [2.05, 4.69) is 31.3 Å². The lowest BCUT2D eigenvalue weighted by Gasteiger charge is -2.31. The van der Waals surface area contributed by atoms with Crippen molar-refractivity contribution in [2.24, 2.45) is 0 Å². The second kappa shape index (κ2) is 4.63. The molecule has 13 heavy (non-hydrogen) atoms. The largest absolute Gasteiger partial charge is 0.390 e. The molecule has 0 bridgehead atoms. The molecule has 1 rings (SSSR count).